The number of carbonyl (C=O) groups is 3. The summed E-state index contributed by atoms with van der Waals surface area (Å²) in [5, 5.41) is 15.3. The molecule has 0 spiro atoms. The monoisotopic (exact) mass is 550 g/mol. The van der Waals surface area contributed by atoms with E-state index in [1.54, 1.807) is 0 Å². The van der Waals surface area contributed by atoms with Gasteiger partial charge >= 0.3 is 5.97 Å². The fourth-order valence-electron chi connectivity index (χ4n) is 5.15. The average molecular weight is 551 g/mol. The van der Waals surface area contributed by atoms with Gasteiger partial charge in [0.1, 0.15) is 23.6 Å². The number of hydrogen-bond acceptors (Lipinski definition) is 4. The van der Waals surface area contributed by atoms with Gasteiger partial charge in [-0.05, 0) is 71.4 Å². The number of ether oxygens (including phenoxy) is 1. The van der Waals surface area contributed by atoms with Crippen molar-refractivity contribution in [3.8, 4) is 11.5 Å². The molecule has 218 valence electrons. The van der Waals surface area contributed by atoms with Crippen molar-refractivity contribution in [3.63, 3.8) is 0 Å². The highest BCUT2D eigenvalue weighted by atomic mass is 16.5. The van der Waals surface area contributed by atoms with E-state index in [2.05, 4.69) is 43.5 Å². The number of aliphatic carboxylic acids is 1. The third-order valence-corrected chi connectivity index (χ3v) is 7.33. The highest BCUT2D eigenvalue weighted by Gasteiger charge is 2.30. The molecule has 2 atom stereocenters. The maximum Gasteiger partial charge on any atom is 0.326 e. The second-order valence-corrected chi connectivity index (χ2v) is 13.4. The molecule has 2 aromatic rings. The molecule has 1 fully saturated rings. The summed E-state index contributed by atoms with van der Waals surface area (Å²) in [6.07, 6.45) is 5.15. The standard InChI is InChI=1S/C33H46N2O5/c1-32(2,3)21-28(31(38)39)35-30(37)27(34-29(36)20-22-10-7-8-11-22)19-23-12-9-13-26(18-23)40-25-16-14-24(15-17-25)33(4,5)6/h9,12-18,22,27-28H,7-8,10-11,19-21H2,1-6H3,(H,34,36)(H,35,37)(H,38,39). The first kappa shape index (κ1) is 31.2. The van der Waals surface area contributed by atoms with Gasteiger partial charge in [-0.2, -0.15) is 0 Å². The third kappa shape index (κ3) is 10.00. The number of benzene rings is 2. The van der Waals surface area contributed by atoms with Gasteiger partial charge < -0.3 is 20.5 Å². The molecule has 7 heteroatoms. The molecule has 0 aliphatic heterocycles. The zero-order chi connectivity index (χ0) is 29.5. The fourth-order valence-corrected chi connectivity index (χ4v) is 5.15. The molecule has 1 aliphatic rings. The molecule has 1 saturated carbocycles. The van der Waals surface area contributed by atoms with Crippen LogP contribution in [-0.2, 0) is 26.2 Å². The molecule has 0 radical (unpaired) electrons. The lowest BCUT2D eigenvalue weighted by molar-refractivity contribution is -0.143. The topological polar surface area (TPSA) is 105 Å². The Morgan fingerprint density at radius 1 is 0.900 bits per heavy atom. The van der Waals surface area contributed by atoms with Crippen LogP contribution in [0.4, 0.5) is 0 Å². The van der Waals surface area contributed by atoms with Gasteiger partial charge in [-0.1, -0.05) is 78.6 Å². The van der Waals surface area contributed by atoms with Gasteiger partial charge in [0.25, 0.3) is 0 Å². The first-order valence-corrected chi connectivity index (χ1v) is 14.4. The molecule has 3 N–H and O–H groups in total. The molecule has 0 aromatic heterocycles. The molecule has 7 nitrogen and oxygen atoms in total. The Bertz CT molecular complexity index is 1150. The van der Waals surface area contributed by atoms with Crippen LogP contribution >= 0.6 is 0 Å². The van der Waals surface area contributed by atoms with Crippen molar-refractivity contribution in [2.45, 2.75) is 104 Å². The van der Waals surface area contributed by atoms with Crippen LogP contribution in [0.15, 0.2) is 48.5 Å². The Morgan fingerprint density at radius 3 is 2.12 bits per heavy atom. The van der Waals surface area contributed by atoms with Crippen LogP contribution in [0.25, 0.3) is 0 Å². The van der Waals surface area contributed by atoms with Crippen molar-refractivity contribution < 1.29 is 24.2 Å². The molecule has 2 amide bonds. The summed E-state index contributed by atoms with van der Waals surface area (Å²) in [5.74, 6) is -0.115. The van der Waals surface area contributed by atoms with Crippen molar-refractivity contribution in [1.29, 1.82) is 0 Å². The summed E-state index contributed by atoms with van der Waals surface area (Å²) in [4.78, 5) is 38.2. The highest BCUT2D eigenvalue weighted by molar-refractivity contribution is 5.90. The minimum absolute atomic E-state index is 0.0444. The van der Waals surface area contributed by atoms with Crippen LogP contribution in [0.5, 0.6) is 11.5 Å². The van der Waals surface area contributed by atoms with E-state index in [0.717, 1.165) is 31.2 Å². The largest absolute Gasteiger partial charge is 0.480 e. The van der Waals surface area contributed by atoms with E-state index in [4.69, 9.17) is 4.74 Å². The lowest BCUT2D eigenvalue weighted by Crippen LogP contribution is -2.53. The number of carbonyl (C=O) groups excluding carboxylic acids is 2. The van der Waals surface area contributed by atoms with Crippen molar-refractivity contribution >= 4 is 17.8 Å². The van der Waals surface area contributed by atoms with Crippen molar-refractivity contribution in [1.82, 2.24) is 10.6 Å². The first-order chi connectivity index (χ1) is 18.7. The molecular weight excluding hydrogens is 504 g/mol. The Hall–Kier alpha value is -3.35. The van der Waals surface area contributed by atoms with Crippen molar-refractivity contribution in [2.75, 3.05) is 0 Å². The predicted molar refractivity (Wildman–Crippen MR) is 158 cm³/mol. The lowest BCUT2D eigenvalue weighted by atomic mass is 9.87. The highest BCUT2D eigenvalue weighted by Crippen LogP contribution is 2.29. The number of carboxylic acids is 1. The second-order valence-electron chi connectivity index (χ2n) is 13.4. The zero-order valence-electron chi connectivity index (χ0n) is 24.9. The summed E-state index contributed by atoms with van der Waals surface area (Å²) < 4.78 is 6.08. The van der Waals surface area contributed by atoms with Crippen LogP contribution in [0.3, 0.4) is 0 Å². The summed E-state index contributed by atoms with van der Waals surface area (Å²) in [6, 6.07) is 13.5. The van der Waals surface area contributed by atoms with E-state index in [9.17, 15) is 19.5 Å². The van der Waals surface area contributed by atoms with E-state index in [1.165, 1.54) is 5.56 Å². The second kappa shape index (κ2) is 13.3. The number of amides is 2. The van der Waals surface area contributed by atoms with E-state index < -0.39 is 24.0 Å². The minimum atomic E-state index is -1.09. The Morgan fingerprint density at radius 2 is 1.55 bits per heavy atom. The molecule has 0 saturated heterocycles. The van der Waals surface area contributed by atoms with Gasteiger partial charge in [0.15, 0.2) is 0 Å². The Balaban J connectivity index is 1.76. The minimum Gasteiger partial charge on any atom is -0.480 e. The fraction of sp³-hybridized carbons (Fsp3) is 0.545. The first-order valence-electron chi connectivity index (χ1n) is 14.4. The van der Waals surface area contributed by atoms with E-state index in [-0.39, 0.29) is 29.6 Å². The van der Waals surface area contributed by atoms with Crippen LogP contribution in [0, 0.1) is 11.3 Å². The van der Waals surface area contributed by atoms with E-state index in [0.29, 0.717) is 23.8 Å². The lowest BCUT2D eigenvalue weighted by Gasteiger charge is -2.26. The molecule has 0 heterocycles. The normalized spacial score (nSPS) is 15.8. The number of rotatable bonds is 11. The summed E-state index contributed by atoms with van der Waals surface area (Å²) in [5.41, 5.74) is 1.76. The smallest absolute Gasteiger partial charge is 0.326 e. The quantitative estimate of drug-likeness (QED) is 0.301. The Kier molecular flexibility index (Phi) is 10.4. The molecule has 0 bridgehead atoms. The van der Waals surface area contributed by atoms with Gasteiger partial charge in [-0.15, -0.1) is 0 Å². The average Bonchev–Trinajstić information content (AvgIpc) is 3.35. The van der Waals surface area contributed by atoms with Gasteiger partial charge in [-0.3, -0.25) is 9.59 Å². The number of nitrogens with one attached hydrogen (secondary N) is 2. The van der Waals surface area contributed by atoms with Crippen LogP contribution in [-0.4, -0.2) is 35.0 Å². The molecule has 2 unspecified atom stereocenters. The van der Waals surface area contributed by atoms with Crippen molar-refractivity contribution in [2.24, 2.45) is 11.3 Å². The molecule has 1 aliphatic carbocycles. The zero-order valence-corrected chi connectivity index (χ0v) is 24.9. The van der Waals surface area contributed by atoms with Crippen LogP contribution in [0.2, 0.25) is 0 Å². The maximum absolute atomic E-state index is 13.4. The van der Waals surface area contributed by atoms with E-state index in [1.807, 2.05) is 57.2 Å². The summed E-state index contributed by atoms with van der Waals surface area (Å²) in [7, 11) is 0. The van der Waals surface area contributed by atoms with Crippen LogP contribution in [0.1, 0.15) is 91.2 Å². The van der Waals surface area contributed by atoms with Crippen LogP contribution < -0.4 is 15.4 Å². The maximum atomic E-state index is 13.4. The molecule has 40 heavy (non-hydrogen) atoms. The van der Waals surface area contributed by atoms with Gasteiger partial charge in [0, 0.05) is 12.8 Å². The molecule has 2 aromatic carbocycles. The van der Waals surface area contributed by atoms with Crippen molar-refractivity contribution in [3.05, 3.63) is 59.7 Å². The summed E-state index contributed by atoms with van der Waals surface area (Å²) >= 11 is 0. The molecular formula is C33H46N2O5. The summed E-state index contributed by atoms with van der Waals surface area (Å²) in [6.45, 7) is 12.3. The SMILES string of the molecule is CC(C)(C)CC(NC(=O)C(Cc1cccc(Oc2ccc(C(C)(C)C)cc2)c1)NC(=O)CC1CCCC1)C(=O)O. The Labute approximate surface area is 239 Å². The van der Waals surface area contributed by atoms with Gasteiger partial charge in [0.2, 0.25) is 11.8 Å². The molecule has 3 rings (SSSR count). The number of hydrogen-bond donors (Lipinski definition) is 3. The van der Waals surface area contributed by atoms with Gasteiger partial charge in [0.05, 0.1) is 0 Å². The number of carboxylic acid groups (broad SMARTS) is 1. The predicted octanol–water partition coefficient (Wildman–Crippen LogP) is 6.39. The van der Waals surface area contributed by atoms with Gasteiger partial charge in [-0.25, -0.2) is 4.79 Å². The third-order valence-electron chi connectivity index (χ3n) is 7.33. The van der Waals surface area contributed by atoms with E-state index >= 15 is 0 Å².